The van der Waals surface area contributed by atoms with Gasteiger partial charge >= 0.3 is 5.97 Å². The molecule has 46 heavy (non-hydrogen) atoms. The molecule has 0 atom stereocenters. The quantitative estimate of drug-likeness (QED) is 0.208. The normalized spacial score (nSPS) is 16.2. The maximum Gasteiger partial charge on any atom is 0.339 e. The molecule has 1 aliphatic heterocycles. The summed E-state index contributed by atoms with van der Waals surface area (Å²) in [4.78, 5) is 31.8. The van der Waals surface area contributed by atoms with Gasteiger partial charge in [0.2, 0.25) is 10.0 Å². The zero-order valence-corrected chi connectivity index (χ0v) is 27.0. The van der Waals surface area contributed by atoms with Crippen molar-refractivity contribution in [1.29, 1.82) is 0 Å². The third kappa shape index (κ3) is 6.65. The molecule has 0 saturated carbocycles. The van der Waals surface area contributed by atoms with E-state index in [1.54, 1.807) is 0 Å². The molecule has 9 nitrogen and oxygen atoms in total. The molecule has 3 aromatic carbocycles. The minimum Gasteiger partial charge on any atom is -0.495 e. The Morgan fingerprint density at radius 1 is 0.978 bits per heavy atom. The number of carbonyl (C=O) groups is 2. The van der Waals surface area contributed by atoms with E-state index in [0.29, 0.717) is 41.0 Å². The lowest BCUT2D eigenvalue weighted by Crippen LogP contribution is -2.35. The predicted octanol–water partition coefficient (Wildman–Crippen LogP) is 6.74. The summed E-state index contributed by atoms with van der Waals surface area (Å²) in [5, 5.41) is 3.97. The van der Waals surface area contributed by atoms with Crippen molar-refractivity contribution in [3.05, 3.63) is 94.1 Å². The van der Waals surface area contributed by atoms with Crippen molar-refractivity contribution >= 4 is 61.7 Å². The Morgan fingerprint density at radius 3 is 2.50 bits per heavy atom. The van der Waals surface area contributed by atoms with Gasteiger partial charge in [-0.05, 0) is 91.3 Å². The number of anilines is 1. The Kier molecular flexibility index (Phi) is 9.39. The molecular weight excluding hydrogens is 626 g/mol. The summed E-state index contributed by atoms with van der Waals surface area (Å²) in [7, 11) is -2.31. The molecule has 1 N–H and O–H groups in total. The second kappa shape index (κ2) is 13.6. The van der Waals surface area contributed by atoms with E-state index >= 15 is 0 Å². The maximum atomic E-state index is 13.7. The molecule has 2 heterocycles. The first-order valence-electron chi connectivity index (χ1n) is 15.3. The Labute approximate surface area is 273 Å². The summed E-state index contributed by atoms with van der Waals surface area (Å²) in [5.41, 5.74) is 4.73. The summed E-state index contributed by atoms with van der Waals surface area (Å²) in [6.45, 7) is 0.333. The smallest absolute Gasteiger partial charge is 0.339 e. The highest BCUT2D eigenvalue weighted by atomic mass is 35.5. The SMILES string of the molecule is COc1ccc(S(=O)(=O)N2CCCCC2)cc1NC(=O)COC(=O)c1c2c(nc3ccccc13)C(=Cc1ccc(Cl)cc1)CCC2. The molecule has 2 aliphatic rings. The van der Waals surface area contributed by atoms with Gasteiger partial charge < -0.3 is 14.8 Å². The van der Waals surface area contributed by atoms with Gasteiger partial charge in [-0.1, -0.05) is 48.4 Å². The van der Waals surface area contributed by atoms with Crippen molar-refractivity contribution in [1.82, 2.24) is 9.29 Å². The lowest BCUT2D eigenvalue weighted by Gasteiger charge is -2.26. The van der Waals surface area contributed by atoms with E-state index in [1.165, 1.54) is 29.6 Å². The van der Waals surface area contributed by atoms with Crippen LogP contribution in [0.2, 0.25) is 5.02 Å². The number of pyridine rings is 1. The molecule has 1 amide bonds. The summed E-state index contributed by atoms with van der Waals surface area (Å²) in [6.07, 6.45) is 6.92. The average Bonchev–Trinajstić information content (AvgIpc) is 3.07. The molecule has 1 aromatic heterocycles. The average molecular weight is 660 g/mol. The van der Waals surface area contributed by atoms with E-state index in [-0.39, 0.29) is 16.3 Å². The van der Waals surface area contributed by atoms with E-state index in [4.69, 9.17) is 26.1 Å². The van der Waals surface area contributed by atoms with Gasteiger partial charge in [0, 0.05) is 23.5 Å². The van der Waals surface area contributed by atoms with Crippen LogP contribution in [0.25, 0.3) is 22.6 Å². The highest BCUT2D eigenvalue weighted by Crippen LogP contribution is 2.37. The number of rotatable bonds is 8. The minimum absolute atomic E-state index is 0.0554. The Hall–Kier alpha value is -4.25. The topological polar surface area (TPSA) is 115 Å². The molecule has 238 valence electrons. The molecule has 1 saturated heterocycles. The van der Waals surface area contributed by atoms with Crippen LogP contribution >= 0.6 is 11.6 Å². The second-order valence-corrected chi connectivity index (χ2v) is 13.7. The van der Waals surface area contributed by atoms with Crippen molar-refractivity contribution in [2.24, 2.45) is 0 Å². The Morgan fingerprint density at radius 2 is 1.74 bits per heavy atom. The summed E-state index contributed by atoms with van der Waals surface area (Å²) < 4.78 is 38.9. The number of fused-ring (bicyclic) bond motifs is 2. The Bertz CT molecular complexity index is 1940. The van der Waals surface area contributed by atoms with Crippen LogP contribution in [0.4, 0.5) is 5.69 Å². The van der Waals surface area contributed by atoms with E-state index in [0.717, 1.165) is 54.5 Å². The fourth-order valence-electron chi connectivity index (χ4n) is 6.06. The molecule has 11 heteroatoms. The van der Waals surface area contributed by atoms with Crippen LogP contribution in [0.15, 0.2) is 71.6 Å². The van der Waals surface area contributed by atoms with E-state index in [9.17, 15) is 18.0 Å². The standard InChI is InChI=1S/C35H34ClN3O6S/c1-44-31-17-16-26(46(42,43)39-18-5-2-6-19-39)21-30(31)37-32(40)22-45-35(41)33-27-9-3-4-11-29(27)38-34-24(8-7-10-28(33)34)20-23-12-14-25(36)15-13-23/h3-4,9,11-17,20-21H,2,5-8,10,18-19,22H2,1H3,(H,37,40). The number of benzene rings is 3. The molecule has 1 fully saturated rings. The number of nitrogens with zero attached hydrogens (tertiary/aromatic N) is 2. The van der Waals surface area contributed by atoms with Gasteiger partial charge in [-0.2, -0.15) is 4.31 Å². The number of para-hydroxylation sites is 1. The summed E-state index contributed by atoms with van der Waals surface area (Å²) in [6, 6.07) is 19.3. The number of amides is 1. The third-order valence-electron chi connectivity index (χ3n) is 8.32. The molecular formula is C35H34ClN3O6S. The largest absolute Gasteiger partial charge is 0.495 e. The molecule has 0 spiro atoms. The number of hydrogen-bond donors (Lipinski definition) is 1. The first-order chi connectivity index (χ1) is 22.2. The maximum absolute atomic E-state index is 13.7. The molecule has 1 aliphatic carbocycles. The second-order valence-electron chi connectivity index (χ2n) is 11.4. The van der Waals surface area contributed by atoms with E-state index in [1.807, 2.05) is 48.5 Å². The number of esters is 1. The van der Waals surface area contributed by atoms with Gasteiger partial charge in [-0.15, -0.1) is 0 Å². The van der Waals surface area contributed by atoms with Gasteiger partial charge in [-0.25, -0.2) is 18.2 Å². The number of allylic oxidation sites excluding steroid dienone is 1. The van der Waals surface area contributed by atoms with Crippen LogP contribution in [0.3, 0.4) is 0 Å². The van der Waals surface area contributed by atoms with Crippen LogP contribution in [-0.4, -0.2) is 56.4 Å². The minimum atomic E-state index is -3.74. The molecule has 4 aromatic rings. The lowest BCUT2D eigenvalue weighted by molar-refractivity contribution is -0.119. The fourth-order valence-corrected chi connectivity index (χ4v) is 7.73. The number of ether oxygens (including phenoxy) is 2. The number of piperidine rings is 1. The monoisotopic (exact) mass is 659 g/mol. The number of nitrogens with one attached hydrogen (secondary N) is 1. The number of carbonyl (C=O) groups excluding carboxylic acids is 2. The van der Waals surface area contributed by atoms with Gasteiger partial charge in [0.25, 0.3) is 5.91 Å². The number of aromatic nitrogens is 1. The van der Waals surface area contributed by atoms with Gasteiger partial charge in [0.15, 0.2) is 6.61 Å². The zero-order chi connectivity index (χ0) is 32.3. The fraction of sp³-hybridized carbons (Fsp3) is 0.286. The highest BCUT2D eigenvalue weighted by Gasteiger charge is 2.28. The van der Waals surface area contributed by atoms with Crippen molar-refractivity contribution in [2.75, 3.05) is 32.1 Å². The van der Waals surface area contributed by atoms with E-state index in [2.05, 4.69) is 11.4 Å². The number of halogens is 1. The Balaban J connectivity index is 1.24. The number of methoxy groups -OCH3 is 1. The van der Waals surface area contributed by atoms with Crippen LogP contribution in [-0.2, 0) is 26.0 Å². The molecule has 0 unspecified atom stereocenters. The third-order valence-corrected chi connectivity index (χ3v) is 10.5. The van der Waals surface area contributed by atoms with Crippen molar-refractivity contribution < 1.29 is 27.5 Å². The van der Waals surface area contributed by atoms with Crippen LogP contribution in [0.1, 0.15) is 59.3 Å². The zero-order valence-electron chi connectivity index (χ0n) is 25.4. The van der Waals surface area contributed by atoms with Gasteiger partial charge in [0.1, 0.15) is 5.75 Å². The van der Waals surface area contributed by atoms with Gasteiger partial charge in [0.05, 0.1) is 34.5 Å². The predicted molar refractivity (Wildman–Crippen MR) is 179 cm³/mol. The van der Waals surface area contributed by atoms with Gasteiger partial charge in [-0.3, -0.25) is 4.79 Å². The first kappa shape index (κ1) is 31.7. The van der Waals surface area contributed by atoms with Crippen LogP contribution < -0.4 is 10.1 Å². The highest BCUT2D eigenvalue weighted by molar-refractivity contribution is 7.89. The van der Waals surface area contributed by atoms with Crippen LogP contribution in [0, 0.1) is 0 Å². The number of hydrogen-bond acceptors (Lipinski definition) is 7. The summed E-state index contributed by atoms with van der Waals surface area (Å²) >= 11 is 6.08. The first-order valence-corrected chi connectivity index (χ1v) is 17.1. The van der Waals surface area contributed by atoms with Crippen molar-refractivity contribution in [2.45, 2.75) is 43.4 Å². The van der Waals surface area contributed by atoms with Crippen molar-refractivity contribution in [3.8, 4) is 5.75 Å². The number of sulfonamides is 1. The summed E-state index contributed by atoms with van der Waals surface area (Å²) in [5.74, 6) is -0.979. The lowest BCUT2D eigenvalue weighted by atomic mass is 9.86. The van der Waals surface area contributed by atoms with Crippen LogP contribution in [0.5, 0.6) is 5.75 Å². The molecule has 6 rings (SSSR count). The molecule has 0 bridgehead atoms. The molecule has 0 radical (unpaired) electrons. The van der Waals surface area contributed by atoms with E-state index < -0.39 is 28.5 Å². The van der Waals surface area contributed by atoms with Crippen molar-refractivity contribution in [3.63, 3.8) is 0 Å².